The van der Waals surface area contributed by atoms with Crippen molar-refractivity contribution in [2.24, 2.45) is 0 Å². The third-order valence-corrected chi connectivity index (χ3v) is 3.17. The molecule has 1 amide bonds. The van der Waals surface area contributed by atoms with Gasteiger partial charge in [0.05, 0.1) is 0 Å². The van der Waals surface area contributed by atoms with E-state index in [4.69, 9.17) is 11.6 Å². The summed E-state index contributed by atoms with van der Waals surface area (Å²) in [7, 11) is 0. The number of amides is 1. The number of likely N-dealkylation sites (tertiary alicyclic amines) is 1. The smallest absolute Gasteiger partial charge is 0.246 e. The van der Waals surface area contributed by atoms with Crippen LogP contribution in [0.5, 0.6) is 0 Å². The molecule has 0 aliphatic carbocycles. The lowest BCUT2D eigenvalue weighted by Gasteiger charge is -2.25. The monoisotopic (exact) mass is 249 g/mol. The molecule has 2 rings (SSSR count). The first kappa shape index (κ1) is 12.2. The van der Waals surface area contributed by atoms with E-state index in [1.807, 2.05) is 35.2 Å². The summed E-state index contributed by atoms with van der Waals surface area (Å²) in [6.07, 6.45) is 6.94. The first-order valence-electron chi connectivity index (χ1n) is 5.98. The molecule has 0 saturated carbocycles. The van der Waals surface area contributed by atoms with Gasteiger partial charge in [-0.1, -0.05) is 23.7 Å². The van der Waals surface area contributed by atoms with E-state index in [-0.39, 0.29) is 5.91 Å². The summed E-state index contributed by atoms with van der Waals surface area (Å²) in [6.45, 7) is 1.78. The Hall–Kier alpha value is -1.28. The van der Waals surface area contributed by atoms with Gasteiger partial charge < -0.3 is 4.90 Å². The summed E-state index contributed by atoms with van der Waals surface area (Å²) in [5.74, 6) is 0.102. The van der Waals surface area contributed by atoms with Crippen molar-refractivity contribution in [1.29, 1.82) is 0 Å². The Morgan fingerprint density at radius 1 is 1.24 bits per heavy atom. The Morgan fingerprint density at radius 3 is 2.71 bits per heavy atom. The zero-order chi connectivity index (χ0) is 12.1. The zero-order valence-electron chi connectivity index (χ0n) is 9.73. The van der Waals surface area contributed by atoms with Crippen LogP contribution in [0, 0.1) is 0 Å². The van der Waals surface area contributed by atoms with Crippen LogP contribution in [0.15, 0.2) is 30.3 Å². The highest BCUT2D eigenvalue weighted by atomic mass is 35.5. The molecule has 1 fully saturated rings. The van der Waals surface area contributed by atoms with E-state index in [2.05, 4.69) is 0 Å². The number of piperidine rings is 1. The van der Waals surface area contributed by atoms with Gasteiger partial charge in [0, 0.05) is 24.2 Å². The first-order chi connectivity index (χ1) is 8.25. The minimum absolute atomic E-state index is 0.102. The van der Waals surface area contributed by atoms with Crippen molar-refractivity contribution in [2.75, 3.05) is 13.1 Å². The van der Waals surface area contributed by atoms with Crippen LogP contribution in [0.1, 0.15) is 24.8 Å². The van der Waals surface area contributed by atoms with E-state index in [1.165, 1.54) is 6.42 Å². The molecule has 0 bridgehead atoms. The number of carbonyl (C=O) groups is 1. The Kier molecular flexibility index (Phi) is 4.21. The molecule has 1 aliphatic heterocycles. The molecule has 0 atom stereocenters. The number of halogens is 1. The standard InChI is InChI=1S/C14H16ClNO/c15-13-6-4-5-12(11-13)7-8-14(17)16-9-2-1-3-10-16/h4-8,11H,1-3,9-10H2/b8-7-. The van der Waals surface area contributed by atoms with E-state index < -0.39 is 0 Å². The quantitative estimate of drug-likeness (QED) is 0.736. The van der Waals surface area contributed by atoms with Crippen molar-refractivity contribution < 1.29 is 4.79 Å². The Morgan fingerprint density at radius 2 is 2.00 bits per heavy atom. The Balaban J connectivity index is 1.97. The molecule has 3 heteroatoms. The van der Waals surface area contributed by atoms with Gasteiger partial charge in [0.2, 0.25) is 5.91 Å². The lowest BCUT2D eigenvalue weighted by molar-refractivity contribution is -0.126. The van der Waals surface area contributed by atoms with Crippen LogP contribution in [0.4, 0.5) is 0 Å². The molecule has 17 heavy (non-hydrogen) atoms. The van der Waals surface area contributed by atoms with Gasteiger partial charge in [0.25, 0.3) is 0 Å². The van der Waals surface area contributed by atoms with Gasteiger partial charge in [0.1, 0.15) is 0 Å². The molecule has 0 radical (unpaired) electrons. The van der Waals surface area contributed by atoms with E-state index in [0.29, 0.717) is 5.02 Å². The van der Waals surface area contributed by atoms with E-state index in [1.54, 1.807) is 6.08 Å². The van der Waals surface area contributed by atoms with Crippen molar-refractivity contribution in [3.05, 3.63) is 40.9 Å². The van der Waals surface area contributed by atoms with E-state index >= 15 is 0 Å². The zero-order valence-corrected chi connectivity index (χ0v) is 10.5. The lowest BCUT2D eigenvalue weighted by atomic mass is 10.1. The molecule has 0 spiro atoms. The SMILES string of the molecule is O=C(/C=C\c1cccc(Cl)c1)N1CCCCC1. The van der Waals surface area contributed by atoms with Crippen molar-refractivity contribution in [1.82, 2.24) is 4.90 Å². The fourth-order valence-corrected chi connectivity index (χ4v) is 2.20. The molecule has 1 aliphatic rings. The average Bonchev–Trinajstić information content (AvgIpc) is 2.37. The normalized spacial score (nSPS) is 16.4. The average molecular weight is 250 g/mol. The van der Waals surface area contributed by atoms with Crippen molar-refractivity contribution in [3.8, 4) is 0 Å². The van der Waals surface area contributed by atoms with Crippen LogP contribution in [0.3, 0.4) is 0 Å². The Labute approximate surface area is 107 Å². The summed E-state index contributed by atoms with van der Waals surface area (Å²) in [5.41, 5.74) is 0.961. The highest BCUT2D eigenvalue weighted by Crippen LogP contribution is 2.13. The molecular formula is C14H16ClNO. The predicted octanol–water partition coefficient (Wildman–Crippen LogP) is 3.37. The summed E-state index contributed by atoms with van der Waals surface area (Å²) in [4.78, 5) is 13.8. The fourth-order valence-electron chi connectivity index (χ4n) is 2.00. The molecule has 90 valence electrons. The molecule has 0 N–H and O–H groups in total. The highest BCUT2D eigenvalue weighted by Gasteiger charge is 2.13. The molecule has 1 heterocycles. The third-order valence-electron chi connectivity index (χ3n) is 2.93. The number of rotatable bonds is 2. The van der Waals surface area contributed by atoms with Gasteiger partial charge in [-0.2, -0.15) is 0 Å². The summed E-state index contributed by atoms with van der Waals surface area (Å²) in [5, 5.41) is 0.692. The molecule has 1 saturated heterocycles. The molecule has 0 unspecified atom stereocenters. The summed E-state index contributed by atoms with van der Waals surface area (Å²) < 4.78 is 0. The van der Waals surface area contributed by atoms with Gasteiger partial charge in [-0.05, 0) is 43.0 Å². The second-order valence-electron chi connectivity index (χ2n) is 4.27. The molecule has 1 aromatic carbocycles. The summed E-state index contributed by atoms with van der Waals surface area (Å²) >= 11 is 5.88. The maximum absolute atomic E-state index is 11.9. The second-order valence-corrected chi connectivity index (χ2v) is 4.71. The van der Waals surface area contributed by atoms with Crippen LogP contribution < -0.4 is 0 Å². The maximum atomic E-state index is 11.9. The lowest BCUT2D eigenvalue weighted by Crippen LogP contribution is -2.34. The molecular weight excluding hydrogens is 234 g/mol. The Bertz CT molecular complexity index is 422. The number of nitrogens with zero attached hydrogens (tertiary/aromatic N) is 1. The van der Waals surface area contributed by atoms with Crippen LogP contribution in [0.2, 0.25) is 5.02 Å². The highest BCUT2D eigenvalue weighted by molar-refractivity contribution is 6.30. The third kappa shape index (κ3) is 3.60. The summed E-state index contributed by atoms with van der Waals surface area (Å²) in [6, 6.07) is 7.49. The fraction of sp³-hybridized carbons (Fsp3) is 0.357. The van der Waals surface area contributed by atoms with Crippen LogP contribution >= 0.6 is 11.6 Å². The molecule has 0 aromatic heterocycles. The topological polar surface area (TPSA) is 20.3 Å². The minimum Gasteiger partial charge on any atom is -0.339 e. The number of hydrogen-bond acceptors (Lipinski definition) is 1. The van der Waals surface area contributed by atoms with Gasteiger partial charge in [0.15, 0.2) is 0 Å². The van der Waals surface area contributed by atoms with Crippen molar-refractivity contribution in [2.45, 2.75) is 19.3 Å². The number of hydrogen-bond donors (Lipinski definition) is 0. The minimum atomic E-state index is 0.102. The number of carbonyl (C=O) groups excluding carboxylic acids is 1. The number of benzene rings is 1. The van der Waals surface area contributed by atoms with Gasteiger partial charge in [-0.15, -0.1) is 0 Å². The largest absolute Gasteiger partial charge is 0.339 e. The second kappa shape index (κ2) is 5.87. The van der Waals surface area contributed by atoms with E-state index in [0.717, 1.165) is 31.5 Å². The van der Waals surface area contributed by atoms with Crippen LogP contribution in [-0.2, 0) is 4.79 Å². The maximum Gasteiger partial charge on any atom is 0.246 e. The van der Waals surface area contributed by atoms with Gasteiger partial charge >= 0.3 is 0 Å². The van der Waals surface area contributed by atoms with Gasteiger partial charge in [-0.3, -0.25) is 4.79 Å². The van der Waals surface area contributed by atoms with Crippen LogP contribution in [0.25, 0.3) is 6.08 Å². The van der Waals surface area contributed by atoms with Crippen molar-refractivity contribution in [3.63, 3.8) is 0 Å². The van der Waals surface area contributed by atoms with Crippen molar-refractivity contribution >= 4 is 23.6 Å². The van der Waals surface area contributed by atoms with Gasteiger partial charge in [-0.25, -0.2) is 0 Å². The molecule has 1 aromatic rings. The predicted molar refractivity (Wildman–Crippen MR) is 70.9 cm³/mol. The van der Waals surface area contributed by atoms with E-state index in [9.17, 15) is 4.79 Å². The molecule has 2 nitrogen and oxygen atoms in total. The first-order valence-corrected chi connectivity index (χ1v) is 6.36. The van der Waals surface area contributed by atoms with Crippen LogP contribution in [-0.4, -0.2) is 23.9 Å².